The van der Waals surface area contributed by atoms with Crippen molar-refractivity contribution in [3.05, 3.63) is 48.6 Å². The molecule has 0 radical (unpaired) electrons. The number of allylic oxidation sites excluding steroid dienone is 7. The van der Waals surface area contributed by atoms with E-state index in [1.54, 1.807) is 6.08 Å². The van der Waals surface area contributed by atoms with Gasteiger partial charge in [0.15, 0.2) is 0 Å². The molecule has 0 aromatic carbocycles. The smallest absolute Gasteiger partial charge is 0.00977 e. The van der Waals surface area contributed by atoms with Gasteiger partial charge in [0.2, 0.25) is 0 Å². The first-order valence-electron chi connectivity index (χ1n) is 4.44. The fraction of sp³-hybridized carbons (Fsp3) is 0.333. The lowest BCUT2D eigenvalue weighted by Crippen LogP contribution is -1.73. The molecule has 0 aliphatic carbocycles. The van der Waals surface area contributed by atoms with Crippen molar-refractivity contribution in [1.82, 2.24) is 0 Å². The van der Waals surface area contributed by atoms with Crippen molar-refractivity contribution in [1.29, 1.82) is 0 Å². The molecule has 0 N–H and O–H groups in total. The molecule has 0 spiro atoms. The maximum Gasteiger partial charge on any atom is -0.00977 e. The second-order valence-electron chi connectivity index (χ2n) is 2.54. The van der Waals surface area contributed by atoms with E-state index in [-0.39, 0.29) is 0 Å². The highest BCUT2D eigenvalue weighted by Gasteiger charge is 1.84. The van der Waals surface area contributed by atoms with E-state index < -0.39 is 0 Å². The summed E-state index contributed by atoms with van der Waals surface area (Å²) in [5.41, 5.74) is 1.36. The zero-order chi connectivity index (χ0) is 9.23. The summed E-state index contributed by atoms with van der Waals surface area (Å²) in [6.45, 7) is 7.83. The van der Waals surface area contributed by atoms with Gasteiger partial charge in [0.1, 0.15) is 0 Å². The van der Waals surface area contributed by atoms with E-state index >= 15 is 0 Å². The number of rotatable bonds is 5. The molecule has 0 saturated heterocycles. The molecule has 0 heterocycles. The summed E-state index contributed by atoms with van der Waals surface area (Å²) in [5, 5.41) is 0. The summed E-state index contributed by atoms with van der Waals surface area (Å²) in [4.78, 5) is 0. The highest BCUT2D eigenvalue weighted by atomic mass is 13.9. The predicted octanol–water partition coefficient (Wildman–Crippen LogP) is 4.03. The number of hydrogen-bond donors (Lipinski definition) is 0. The topological polar surface area (TPSA) is 0 Å². The van der Waals surface area contributed by atoms with Crippen LogP contribution in [-0.2, 0) is 0 Å². The first-order chi connectivity index (χ1) is 5.85. The van der Waals surface area contributed by atoms with Gasteiger partial charge in [-0.2, -0.15) is 0 Å². The minimum Gasteiger partial charge on any atom is -0.0991 e. The van der Waals surface area contributed by atoms with Crippen LogP contribution in [0.3, 0.4) is 0 Å². The standard InChI is InChI=1S/C12H18/c1-4-7-9-11-12(6-3)10-8-5-2/h4,6-10H,1,5,11H2,2-3H3/b9-7-,10-8-,12-6+. The van der Waals surface area contributed by atoms with E-state index in [0.717, 1.165) is 12.8 Å². The summed E-state index contributed by atoms with van der Waals surface area (Å²) in [6.07, 6.45) is 14.5. The normalized spacial score (nSPS) is 13.0. The molecule has 0 fully saturated rings. The third-order valence-electron chi connectivity index (χ3n) is 1.56. The lowest BCUT2D eigenvalue weighted by molar-refractivity contribution is 1.19. The second kappa shape index (κ2) is 8.06. The molecule has 0 amide bonds. The van der Waals surface area contributed by atoms with Crippen LogP contribution < -0.4 is 0 Å². The summed E-state index contributed by atoms with van der Waals surface area (Å²) < 4.78 is 0. The summed E-state index contributed by atoms with van der Waals surface area (Å²) in [6, 6.07) is 0. The molecule has 0 nitrogen and oxygen atoms in total. The van der Waals surface area contributed by atoms with Gasteiger partial charge in [0.25, 0.3) is 0 Å². The van der Waals surface area contributed by atoms with Gasteiger partial charge in [-0.1, -0.05) is 50.0 Å². The van der Waals surface area contributed by atoms with Gasteiger partial charge >= 0.3 is 0 Å². The van der Waals surface area contributed by atoms with Gasteiger partial charge in [-0.15, -0.1) is 0 Å². The summed E-state index contributed by atoms with van der Waals surface area (Å²) in [5.74, 6) is 0. The summed E-state index contributed by atoms with van der Waals surface area (Å²) in [7, 11) is 0. The predicted molar refractivity (Wildman–Crippen MR) is 57.1 cm³/mol. The Hall–Kier alpha value is -1.04. The van der Waals surface area contributed by atoms with Crippen LogP contribution in [-0.4, -0.2) is 0 Å². The largest absolute Gasteiger partial charge is 0.0991 e. The maximum absolute atomic E-state index is 3.62. The van der Waals surface area contributed by atoms with Crippen LogP contribution in [0.15, 0.2) is 48.6 Å². The van der Waals surface area contributed by atoms with Crippen LogP contribution in [0, 0.1) is 0 Å². The molecule has 0 aliphatic rings. The molecule has 12 heavy (non-hydrogen) atoms. The Morgan fingerprint density at radius 3 is 2.58 bits per heavy atom. The van der Waals surface area contributed by atoms with Crippen LogP contribution in [0.2, 0.25) is 0 Å². The Morgan fingerprint density at radius 1 is 1.33 bits per heavy atom. The molecule has 0 aromatic heterocycles. The Morgan fingerprint density at radius 2 is 2.08 bits per heavy atom. The van der Waals surface area contributed by atoms with E-state index in [1.807, 2.05) is 6.08 Å². The van der Waals surface area contributed by atoms with Gasteiger partial charge in [-0.05, 0) is 25.3 Å². The molecule has 0 heteroatoms. The van der Waals surface area contributed by atoms with Crippen molar-refractivity contribution in [3.63, 3.8) is 0 Å². The third kappa shape index (κ3) is 5.72. The van der Waals surface area contributed by atoms with Crippen molar-refractivity contribution in [3.8, 4) is 0 Å². The highest BCUT2D eigenvalue weighted by Crippen LogP contribution is 2.04. The minimum absolute atomic E-state index is 0.999. The molecule has 0 aliphatic heterocycles. The lowest BCUT2D eigenvalue weighted by Gasteiger charge is -1.93. The van der Waals surface area contributed by atoms with E-state index in [0.29, 0.717) is 0 Å². The van der Waals surface area contributed by atoms with E-state index in [9.17, 15) is 0 Å². The average molecular weight is 162 g/mol. The molecule has 0 unspecified atom stereocenters. The first-order valence-corrected chi connectivity index (χ1v) is 4.44. The van der Waals surface area contributed by atoms with Gasteiger partial charge in [0, 0.05) is 0 Å². The van der Waals surface area contributed by atoms with Gasteiger partial charge in [-0.3, -0.25) is 0 Å². The van der Waals surface area contributed by atoms with Crippen LogP contribution in [0.25, 0.3) is 0 Å². The zero-order valence-corrected chi connectivity index (χ0v) is 8.09. The van der Waals surface area contributed by atoms with Crippen LogP contribution in [0.1, 0.15) is 26.7 Å². The zero-order valence-electron chi connectivity index (χ0n) is 8.09. The van der Waals surface area contributed by atoms with E-state index in [4.69, 9.17) is 0 Å². The van der Waals surface area contributed by atoms with Gasteiger partial charge < -0.3 is 0 Å². The summed E-state index contributed by atoms with van der Waals surface area (Å²) >= 11 is 0. The Kier molecular flexibility index (Phi) is 7.36. The Labute approximate surface area is 76.0 Å². The fourth-order valence-electron chi connectivity index (χ4n) is 0.852. The van der Waals surface area contributed by atoms with Crippen LogP contribution in [0.5, 0.6) is 0 Å². The fourth-order valence-corrected chi connectivity index (χ4v) is 0.852. The second-order valence-corrected chi connectivity index (χ2v) is 2.54. The van der Waals surface area contributed by atoms with Crippen LogP contribution in [0.4, 0.5) is 0 Å². The molecular formula is C12H18. The van der Waals surface area contributed by atoms with Crippen molar-refractivity contribution >= 4 is 0 Å². The quantitative estimate of drug-likeness (QED) is 0.535. The molecule has 0 atom stereocenters. The highest BCUT2D eigenvalue weighted by molar-refractivity contribution is 5.21. The third-order valence-corrected chi connectivity index (χ3v) is 1.56. The maximum atomic E-state index is 3.62. The van der Waals surface area contributed by atoms with Crippen molar-refractivity contribution in [2.24, 2.45) is 0 Å². The monoisotopic (exact) mass is 162 g/mol. The SMILES string of the molecule is C=C/C=C\CC(/C=C\CC)=C/C. The average Bonchev–Trinajstić information content (AvgIpc) is 2.11. The molecule has 0 saturated carbocycles. The molecular weight excluding hydrogens is 144 g/mol. The number of hydrogen-bond acceptors (Lipinski definition) is 0. The molecule has 0 bridgehead atoms. The lowest BCUT2D eigenvalue weighted by atomic mass is 10.1. The molecule has 66 valence electrons. The Balaban J connectivity index is 3.93. The van der Waals surface area contributed by atoms with Crippen molar-refractivity contribution in [2.45, 2.75) is 26.7 Å². The molecule has 0 aromatic rings. The van der Waals surface area contributed by atoms with Crippen molar-refractivity contribution < 1.29 is 0 Å². The van der Waals surface area contributed by atoms with E-state index in [2.05, 4.69) is 44.7 Å². The van der Waals surface area contributed by atoms with Gasteiger partial charge in [0.05, 0.1) is 0 Å². The van der Waals surface area contributed by atoms with Crippen LogP contribution >= 0.6 is 0 Å². The van der Waals surface area contributed by atoms with Gasteiger partial charge in [-0.25, -0.2) is 0 Å². The Bertz CT molecular complexity index is 192. The molecule has 0 rings (SSSR count). The first kappa shape index (κ1) is 11.0. The van der Waals surface area contributed by atoms with Crippen molar-refractivity contribution in [2.75, 3.05) is 0 Å². The minimum atomic E-state index is 0.999. The van der Waals surface area contributed by atoms with E-state index in [1.165, 1.54) is 5.57 Å².